The van der Waals surface area contributed by atoms with Crippen molar-refractivity contribution in [3.63, 3.8) is 0 Å². The van der Waals surface area contributed by atoms with E-state index in [-0.39, 0.29) is 36.0 Å². The molecule has 0 atom stereocenters. The van der Waals surface area contributed by atoms with Gasteiger partial charge in [0.2, 0.25) is 5.91 Å². The first kappa shape index (κ1) is 41.1. The molecule has 278 valence electrons. The maximum absolute atomic E-state index is 11.8. The SMILES string of the molecule is C=C(CC(=O)Nc1ccc(Oc2ccc(C)cc2)cc1)C(=O)O.C=C(CC(=O)O)C(=O)Nc1ccc(Oc2ccc(C)cc2)cc1.C=C1CC(=O)OC1=O. The minimum absolute atomic E-state index is 0.00233. The van der Waals surface area contributed by atoms with Crippen LogP contribution in [0.25, 0.3) is 0 Å². The summed E-state index contributed by atoms with van der Waals surface area (Å²) in [7, 11) is 0. The molecule has 0 spiro atoms. The van der Waals surface area contributed by atoms with Crippen molar-refractivity contribution < 1.29 is 53.2 Å². The molecule has 0 radical (unpaired) electrons. The predicted octanol–water partition coefficient (Wildman–Crippen LogP) is 7.53. The topological polar surface area (TPSA) is 195 Å². The molecule has 0 bridgehead atoms. The smallest absolute Gasteiger partial charge is 0.341 e. The fraction of sp³-hybridized carbons (Fsp3) is 0.122. The molecule has 13 nitrogen and oxygen atoms in total. The van der Waals surface area contributed by atoms with Crippen LogP contribution in [0.2, 0.25) is 0 Å². The monoisotopic (exact) mass is 734 g/mol. The number of carboxylic acids is 2. The molecule has 4 aromatic carbocycles. The van der Waals surface area contributed by atoms with Crippen LogP contribution in [-0.4, -0.2) is 45.9 Å². The molecule has 1 aliphatic rings. The fourth-order valence-electron chi connectivity index (χ4n) is 4.11. The highest BCUT2D eigenvalue weighted by molar-refractivity contribution is 6.06. The van der Waals surface area contributed by atoms with Gasteiger partial charge in [-0.2, -0.15) is 0 Å². The van der Waals surface area contributed by atoms with E-state index in [0.717, 1.165) is 22.6 Å². The summed E-state index contributed by atoms with van der Waals surface area (Å²) in [6, 6.07) is 28.9. The highest BCUT2D eigenvalue weighted by Gasteiger charge is 2.24. The number of rotatable bonds is 12. The molecular weight excluding hydrogens is 696 g/mol. The van der Waals surface area contributed by atoms with E-state index < -0.39 is 35.7 Å². The summed E-state index contributed by atoms with van der Waals surface area (Å²) < 4.78 is 15.5. The first-order valence-corrected chi connectivity index (χ1v) is 16.1. The second kappa shape index (κ2) is 19.9. The van der Waals surface area contributed by atoms with Gasteiger partial charge in [-0.3, -0.25) is 19.2 Å². The van der Waals surface area contributed by atoms with Crippen LogP contribution in [0, 0.1) is 13.8 Å². The molecule has 54 heavy (non-hydrogen) atoms. The van der Waals surface area contributed by atoms with Gasteiger partial charge < -0.3 is 35.1 Å². The van der Waals surface area contributed by atoms with E-state index in [1.54, 1.807) is 48.5 Å². The summed E-state index contributed by atoms with van der Waals surface area (Å²) in [5.41, 5.74) is 3.49. The van der Waals surface area contributed by atoms with Crippen molar-refractivity contribution in [1.29, 1.82) is 0 Å². The Balaban J connectivity index is 0.000000241. The van der Waals surface area contributed by atoms with Crippen LogP contribution in [0.5, 0.6) is 23.0 Å². The normalized spacial score (nSPS) is 11.3. The van der Waals surface area contributed by atoms with Crippen LogP contribution in [-0.2, 0) is 33.5 Å². The molecule has 0 aliphatic carbocycles. The molecule has 0 saturated carbocycles. The zero-order valence-corrected chi connectivity index (χ0v) is 29.5. The number of aryl methyl sites for hydroxylation is 2. The second-order valence-electron chi connectivity index (χ2n) is 11.7. The largest absolute Gasteiger partial charge is 0.481 e. The van der Waals surface area contributed by atoms with Crippen molar-refractivity contribution >= 4 is 47.1 Å². The van der Waals surface area contributed by atoms with E-state index in [1.807, 2.05) is 62.4 Å². The van der Waals surface area contributed by atoms with Gasteiger partial charge in [0, 0.05) is 28.1 Å². The minimum Gasteiger partial charge on any atom is -0.481 e. The number of cyclic esters (lactones) is 2. The molecular formula is C41H38N2O11. The molecule has 1 saturated heterocycles. The Bertz CT molecular complexity index is 2010. The number of carbonyl (C=O) groups is 6. The Labute approximate surface area is 311 Å². The summed E-state index contributed by atoms with van der Waals surface area (Å²) in [6.07, 6.45) is -0.587. The zero-order valence-electron chi connectivity index (χ0n) is 29.5. The van der Waals surface area contributed by atoms with E-state index in [2.05, 4.69) is 35.1 Å². The number of hydrogen-bond donors (Lipinski definition) is 4. The van der Waals surface area contributed by atoms with Gasteiger partial charge in [-0.1, -0.05) is 55.1 Å². The number of benzene rings is 4. The minimum atomic E-state index is -1.18. The van der Waals surface area contributed by atoms with Crippen molar-refractivity contribution in [2.45, 2.75) is 33.1 Å². The predicted molar refractivity (Wildman–Crippen MR) is 200 cm³/mol. The zero-order chi connectivity index (χ0) is 39.8. The van der Waals surface area contributed by atoms with Gasteiger partial charge in [0.15, 0.2) is 0 Å². The summed E-state index contributed by atoms with van der Waals surface area (Å²) in [4.78, 5) is 65.0. The van der Waals surface area contributed by atoms with Gasteiger partial charge in [0.1, 0.15) is 23.0 Å². The van der Waals surface area contributed by atoms with Crippen molar-refractivity contribution in [2.24, 2.45) is 0 Å². The van der Waals surface area contributed by atoms with E-state index in [1.165, 1.54) is 0 Å². The number of aliphatic carboxylic acids is 2. The van der Waals surface area contributed by atoms with Gasteiger partial charge in [-0.25, -0.2) is 9.59 Å². The molecule has 4 N–H and O–H groups in total. The lowest BCUT2D eigenvalue weighted by molar-refractivity contribution is -0.151. The number of anilines is 2. The van der Waals surface area contributed by atoms with Crippen molar-refractivity contribution in [3.05, 3.63) is 145 Å². The molecule has 13 heteroatoms. The van der Waals surface area contributed by atoms with Crippen LogP contribution in [0.3, 0.4) is 0 Å². The van der Waals surface area contributed by atoms with Gasteiger partial charge in [-0.15, -0.1) is 0 Å². The number of carbonyl (C=O) groups excluding carboxylic acids is 4. The number of esters is 2. The Kier molecular flexibility index (Phi) is 15.2. The van der Waals surface area contributed by atoms with Crippen LogP contribution in [0.15, 0.2) is 134 Å². The third-order valence-electron chi connectivity index (χ3n) is 6.98. The lowest BCUT2D eigenvalue weighted by Crippen LogP contribution is -2.15. The molecule has 1 heterocycles. The number of amides is 2. The van der Waals surface area contributed by atoms with Gasteiger partial charge >= 0.3 is 23.9 Å². The fourth-order valence-corrected chi connectivity index (χ4v) is 4.11. The molecule has 1 aliphatic heterocycles. The summed E-state index contributed by atoms with van der Waals surface area (Å²) >= 11 is 0. The Hall–Kier alpha value is -7.28. The third kappa shape index (κ3) is 14.5. The highest BCUT2D eigenvalue weighted by atomic mass is 16.6. The quantitative estimate of drug-likeness (QED) is 0.0638. The number of carboxylic acid groups (broad SMARTS) is 2. The maximum atomic E-state index is 11.8. The highest BCUT2D eigenvalue weighted by Crippen LogP contribution is 2.25. The van der Waals surface area contributed by atoms with Crippen LogP contribution < -0.4 is 20.1 Å². The van der Waals surface area contributed by atoms with Gasteiger partial charge in [0.05, 0.1) is 19.3 Å². The molecule has 0 unspecified atom stereocenters. The standard InChI is InChI=1S/2C18H17NO4.C5H4O3/c1-12-3-7-15(8-4-12)23-16-9-5-14(6-10-16)19-18(22)13(2)11-17(20)21;1-12-3-7-15(8-4-12)23-16-9-5-14(6-10-16)19-17(20)11-13(2)18(21)22;1-3-2-4(6)8-5(3)7/h3-10H,2,11H2,1H3,(H,19,22)(H,20,21);3-10H,2,11H2,1H3,(H,19,20)(H,21,22);1-2H2. The van der Waals surface area contributed by atoms with Gasteiger partial charge in [-0.05, 0) is 86.6 Å². The Morgan fingerprint density at radius 1 is 0.648 bits per heavy atom. The van der Waals surface area contributed by atoms with E-state index in [4.69, 9.17) is 19.7 Å². The average Bonchev–Trinajstić information content (AvgIpc) is 3.42. The molecule has 2 amide bonds. The second-order valence-corrected chi connectivity index (χ2v) is 11.7. The number of hydrogen-bond acceptors (Lipinski definition) is 9. The summed E-state index contributed by atoms with van der Waals surface area (Å²) in [5, 5.41) is 22.5. The number of ether oxygens (including phenoxy) is 3. The molecule has 0 aromatic heterocycles. The van der Waals surface area contributed by atoms with Crippen molar-refractivity contribution in [2.75, 3.05) is 10.6 Å². The molecule has 5 rings (SSSR count). The van der Waals surface area contributed by atoms with Crippen molar-refractivity contribution in [1.82, 2.24) is 0 Å². The van der Waals surface area contributed by atoms with Crippen molar-refractivity contribution in [3.8, 4) is 23.0 Å². The van der Waals surface area contributed by atoms with E-state index in [0.29, 0.717) is 22.9 Å². The third-order valence-corrected chi connectivity index (χ3v) is 6.98. The summed E-state index contributed by atoms with van der Waals surface area (Å²) in [6.45, 7) is 14.1. The van der Waals surface area contributed by atoms with E-state index >= 15 is 0 Å². The Morgan fingerprint density at radius 3 is 1.39 bits per heavy atom. The lowest BCUT2D eigenvalue weighted by Gasteiger charge is -2.09. The average molecular weight is 735 g/mol. The molecule has 1 fully saturated rings. The van der Waals surface area contributed by atoms with Crippen LogP contribution >= 0.6 is 0 Å². The Morgan fingerprint density at radius 2 is 1.06 bits per heavy atom. The lowest BCUT2D eigenvalue weighted by atomic mass is 10.2. The molecule has 4 aromatic rings. The number of nitrogens with one attached hydrogen (secondary N) is 2. The van der Waals surface area contributed by atoms with Gasteiger partial charge in [0.25, 0.3) is 5.91 Å². The first-order chi connectivity index (χ1) is 25.6. The summed E-state index contributed by atoms with van der Waals surface area (Å²) in [5.74, 6) is -1.57. The van der Waals surface area contributed by atoms with E-state index in [9.17, 15) is 28.8 Å². The van der Waals surface area contributed by atoms with Crippen LogP contribution in [0.4, 0.5) is 11.4 Å². The van der Waals surface area contributed by atoms with Crippen LogP contribution in [0.1, 0.15) is 30.4 Å². The maximum Gasteiger partial charge on any atom is 0.341 e. The first-order valence-electron chi connectivity index (χ1n) is 16.1.